The molecule has 0 saturated carbocycles. The minimum atomic E-state index is -0.222. The Kier molecular flexibility index (Phi) is 8.12. The Morgan fingerprint density at radius 3 is 2.75 bits per heavy atom. The van der Waals surface area contributed by atoms with Gasteiger partial charge in [0.25, 0.3) is 0 Å². The van der Waals surface area contributed by atoms with Gasteiger partial charge in [-0.15, -0.1) is 0 Å². The van der Waals surface area contributed by atoms with Crippen LogP contribution in [-0.4, -0.2) is 26.3 Å². The third-order valence-electron chi connectivity index (χ3n) is 3.33. The first-order valence-electron chi connectivity index (χ1n) is 7.23. The van der Waals surface area contributed by atoms with Gasteiger partial charge in [-0.1, -0.05) is 31.5 Å². The van der Waals surface area contributed by atoms with Crippen LogP contribution in [0.5, 0.6) is 0 Å². The maximum absolute atomic E-state index is 13.9. The smallest absolute Gasteiger partial charge is 0.127 e. The molecule has 0 amide bonds. The van der Waals surface area contributed by atoms with Crippen molar-refractivity contribution in [2.75, 3.05) is 20.3 Å². The fourth-order valence-electron chi connectivity index (χ4n) is 2.40. The van der Waals surface area contributed by atoms with Gasteiger partial charge in [0.1, 0.15) is 5.82 Å². The topological polar surface area (TPSA) is 21.3 Å². The molecule has 0 aliphatic rings. The van der Waals surface area contributed by atoms with Gasteiger partial charge in [0, 0.05) is 30.3 Å². The largest absolute Gasteiger partial charge is 0.384 e. The van der Waals surface area contributed by atoms with Crippen LogP contribution < -0.4 is 5.32 Å². The molecular formula is C16H25ClFNO. The summed E-state index contributed by atoms with van der Waals surface area (Å²) in [6.45, 7) is 5.91. The summed E-state index contributed by atoms with van der Waals surface area (Å²) in [5, 5.41) is 3.99. The number of methoxy groups -OCH3 is 1. The molecule has 4 heteroatoms. The zero-order chi connectivity index (χ0) is 15.0. The molecule has 1 rings (SSSR count). The molecular weight excluding hydrogens is 277 g/mol. The second kappa shape index (κ2) is 9.32. The van der Waals surface area contributed by atoms with Crippen LogP contribution in [-0.2, 0) is 11.2 Å². The van der Waals surface area contributed by atoms with Crippen molar-refractivity contribution in [1.29, 1.82) is 0 Å². The van der Waals surface area contributed by atoms with E-state index in [0.29, 0.717) is 22.9 Å². The standard InChI is InChI=1S/C16H25ClFNO/c1-4-8-19-13(9-12(2)11-20-3)10-14-15(17)6-5-7-16(14)18/h5-7,12-13,19H,4,8-11H2,1-3H3. The minimum absolute atomic E-state index is 0.217. The van der Waals surface area contributed by atoms with Gasteiger partial charge in [-0.2, -0.15) is 0 Å². The third-order valence-corrected chi connectivity index (χ3v) is 3.69. The van der Waals surface area contributed by atoms with E-state index in [2.05, 4.69) is 19.2 Å². The predicted octanol–water partition coefficient (Wildman–Crippen LogP) is 4.06. The van der Waals surface area contributed by atoms with Crippen molar-refractivity contribution in [3.8, 4) is 0 Å². The van der Waals surface area contributed by atoms with Crippen molar-refractivity contribution < 1.29 is 9.13 Å². The molecule has 0 aliphatic carbocycles. The molecule has 2 unspecified atom stereocenters. The lowest BCUT2D eigenvalue weighted by Gasteiger charge is -2.22. The second-order valence-electron chi connectivity index (χ2n) is 5.35. The van der Waals surface area contributed by atoms with Gasteiger partial charge in [0.05, 0.1) is 0 Å². The number of hydrogen-bond donors (Lipinski definition) is 1. The van der Waals surface area contributed by atoms with Crippen LogP contribution in [0, 0.1) is 11.7 Å². The predicted molar refractivity (Wildman–Crippen MR) is 82.9 cm³/mol. The van der Waals surface area contributed by atoms with Crippen molar-refractivity contribution >= 4 is 11.6 Å². The molecule has 2 atom stereocenters. The number of ether oxygens (including phenoxy) is 1. The summed E-state index contributed by atoms with van der Waals surface area (Å²) in [5.74, 6) is 0.208. The Balaban J connectivity index is 2.72. The summed E-state index contributed by atoms with van der Waals surface area (Å²) >= 11 is 6.11. The number of halogens is 2. The summed E-state index contributed by atoms with van der Waals surface area (Å²) in [6.07, 6.45) is 2.61. The highest BCUT2D eigenvalue weighted by atomic mass is 35.5. The molecule has 0 radical (unpaired) electrons. The van der Waals surface area contributed by atoms with Gasteiger partial charge < -0.3 is 10.1 Å². The first-order chi connectivity index (χ1) is 9.58. The quantitative estimate of drug-likeness (QED) is 0.742. The second-order valence-corrected chi connectivity index (χ2v) is 5.76. The summed E-state index contributed by atoms with van der Waals surface area (Å²) < 4.78 is 19.1. The van der Waals surface area contributed by atoms with Gasteiger partial charge in [0.15, 0.2) is 0 Å². The molecule has 20 heavy (non-hydrogen) atoms. The van der Waals surface area contributed by atoms with Crippen molar-refractivity contribution in [2.24, 2.45) is 5.92 Å². The third kappa shape index (κ3) is 5.78. The maximum atomic E-state index is 13.9. The van der Waals surface area contributed by atoms with Gasteiger partial charge in [0.2, 0.25) is 0 Å². The van der Waals surface area contributed by atoms with Crippen molar-refractivity contribution in [3.63, 3.8) is 0 Å². The van der Waals surface area contributed by atoms with E-state index < -0.39 is 0 Å². The van der Waals surface area contributed by atoms with E-state index in [1.54, 1.807) is 19.2 Å². The van der Waals surface area contributed by atoms with Crippen LogP contribution in [0.3, 0.4) is 0 Å². The van der Waals surface area contributed by atoms with E-state index in [4.69, 9.17) is 16.3 Å². The van der Waals surface area contributed by atoms with Crippen molar-refractivity contribution in [1.82, 2.24) is 5.32 Å². The van der Waals surface area contributed by atoms with Gasteiger partial charge in [-0.25, -0.2) is 4.39 Å². The van der Waals surface area contributed by atoms with Crippen LogP contribution in [0.25, 0.3) is 0 Å². The molecule has 1 aromatic carbocycles. The molecule has 114 valence electrons. The monoisotopic (exact) mass is 301 g/mol. The first-order valence-corrected chi connectivity index (χ1v) is 7.61. The zero-order valence-corrected chi connectivity index (χ0v) is 13.3. The lowest BCUT2D eigenvalue weighted by molar-refractivity contribution is 0.149. The van der Waals surface area contributed by atoms with Crippen LogP contribution in [0.2, 0.25) is 5.02 Å². The molecule has 0 saturated heterocycles. The highest BCUT2D eigenvalue weighted by molar-refractivity contribution is 6.31. The normalized spacial score (nSPS) is 14.2. The fraction of sp³-hybridized carbons (Fsp3) is 0.625. The summed E-state index contributed by atoms with van der Waals surface area (Å²) in [6, 6.07) is 5.07. The summed E-state index contributed by atoms with van der Waals surface area (Å²) in [4.78, 5) is 0. The first kappa shape index (κ1) is 17.4. The molecule has 2 nitrogen and oxygen atoms in total. The van der Waals surface area contributed by atoms with Gasteiger partial charge in [-0.05, 0) is 43.9 Å². The Labute approximate surface area is 126 Å². The van der Waals surface area contributed by atoms with Crippen molar-refractivity contribution in [2.45, 2.75) is 39.2 Å². The molecule has 1 aromatic rings. The van der Waals surface area contributed by atoms with Crippen LogP contribution >= 0.6 is 11.6 Å². The molecule has 0 heterocycles. The number of rotatable bonds is 9. The van der Waals surface area contributed by atoms with Gasteiger partial charge in [-0.3, -0.25) is 0 Å². The van der Waals surface area contributed by atoms with E-state index in [-0.39, 0.29) is 11.9 Å². The van der Waals surface area contributed by atoms with E-state index in [0.717, 1.165) is 26.0 Å². The Hall–Kier alpha value is -0.640. The van der Waals surface area contributed by atoms with Crippen molar-refractivity contribution in [3.05, 3.63) is 34.6 Å². The molecule has 0 bridgehead atoms. The molecule has 0 aromatic heterocycles. The van der Waals surface area contributed by atoms with E-state index in [1.807, 2.05) is 0 Å². The lowest BCUT2D eigenvalue weighted by atomic mass is 9.96. The SMILES string of the molecule is CCCNC(Cc1c(F)cccc1Cl)CC(C)COC. The number of hydrogen-bond acceptors (Lipinski definition) is 2. The number of benzene rings is 1. The molecule has 0 aliphatic heterocycles. The minimum Gasteiger partial charge on any atom is -0.384 e. The molecule has 0 spiro atoms. The zero-order valence-electron chi connectivity index (χ0n) is 12.6. The van der Waals surface area contributed by atoms with E-state index >= 15 is 0 Å². The van der Waals surface area contributed by atoms with Crippen LogP contribution in [0.15, 0.2) is 18.2 Å². The number of nitrogens with one attached hydrogen (secondary N) is 1. The highest BCUT2D eigenvalue weighted by Crippen LogP contribution is 2.22. The fourth-order valence-corrected chi connectivity index (χ4v) is 2.64. The van der Waals surface area contributed by atoms with Crippen LogP contribution in [0.4, 0.5) is 4.39 Å². The lowest BCUT2D eigenvalue weighted by Crippen LogP contribution is -2.34. The Morgan fingerprint density at radius 1 is 1.40 bits per heavy atom. The summed E-state index contributed by atoms with van der Waals surface area (Å²) in [7, 11) is 1.71. The van der Waals surface area contributed by atoms with Gasteiger partial charge >= 0.3 is 0 Å². The average molecular weight is 302 g/mol. The van der Waals surface area contributed by atoms with E-state index in [1.165, 1.54) is 6.07 Å². The van der Waals surface area contributed by atoms with Crippen LogP contribution in [0.1, 0.15) is 32.3 Å². The molecule has 0 fully saturated rings. The Morgan fingerprint density at radius 2 is 2.15 bits per heavy atom. The summed E-state index contributed by atoms with van der Waals surface area (Å²) in [5.41, 5.74) is 0.604. The van der Waals surface area contributed by atoms with E-state index in [9.17, 15) is 4.39 Å². The maximum Gasteiger partial charge on any atom is 0.127 e. The highest BCUT2D eigenvalue weighted by Gasteiger charge is 2.17. The molecule has 1 N–H and O–H groups in total. The average Bonchev–Trinajstić information content (AvgIpc) is 2.40. The Bertz CT molecular complexity index is 380.